The van der Waals surface area contributed by atoms with E-state index in [-0.39, 0.29) is 18.0 Å². The monoisotopic (exact) mass is 381 g/mol. The van der Waals surface area contributed by atoms with Gasteiger partial charge in [0, 0.05) is 12.6 Å². The van der Waals surface area contributed by atoms with Crippen LogP contribution in [-0.4, -0.2) is 45.2 Å². The van der Waals surface area contributed by atoms with Crippen LogP contribution in [0.5, 0.6) is 0 Å². The fraction of sp³-hybridized carbons (Fsp3) is 0.500. The van der Waals surface area contributed by atoms with Crippen molar-refractivity contribution < 1.29 is 4.79 Å². The third-order valence-electron chi connectivity index (χ3n) is 5.79. The van der Waals surface area contributed by atoms with Gasteiger partial charge in [0.15, 0.2) is 0 Å². The molecule has 1 amide bonds. The first kappa shape index (κ1) is 20.3. The number of benzene rings is 1. The van der Waals surface area contributed by atoms with Crippen LogP contribution in [0.1, 0.15) is 57.6 Å². The molecule has 1 N–H and O–H groups in total. The first-order chi connectivity index (χ1) is 13.6. The largest absolute Gasteiger partial charge is 0.354 e. The van der Waals surface area contributed by atoms with Crippen LogP contribution in [0.2, 0.25) is 0 Å². The fourth-order valence-electron chi connectivity index (χ4n) is 3.63. The van der Waals surface area contributed by atoms with E-state index in [0.29, 0.717) is 0 Å². The van der Waals surface area contributed by atoms with E-state index in [1.807, 2.05) is 26.1 Å². The summed E-state index contributed by atoms with van der Waals surface area (Å²) in [7, 11) is 2.00. The van der Waals surface area contributed by atoms with Crippen molar-refractivity contribution in [2.45, 2.75) is 58.0 Å². The molecular weight excluding hydrogens is 350 g/mol. The SMILES string of the molecule is C[C@H](C(=O)NCCC1=CCCCC1)N(C)[C@H](C)c1ccc(-n2cncn2)cc1. The Kier molecular flexibility index (Phi) is 6.98. The molecular formula is C22H31N5O. The quantitative estimate of drug-likeness (QED) is 0.709. The summed E-state index contributed by atoms with van der Waals surface area (Å²) in [4.78, 5) is 18.7. The molecule has 1 aromatic carbocycles. The molecule has 1 aliphatic rings. The Morgan fingerprint density at radius 2 is 2.04 bits per heavy atom. The smallest absolute Gasteiger partial charge is 0.237 e. The number of hydrogen-bond acceptors (Lipinski definition) is 4. The summed E-state index contributed by atoms with van der Waals surface area (Å²) in [5.74, 6) is 0.0880. The topological polar surface area (TPSA) is 63.1 Å². The molecule has 0 fully saturated rings. The maximum absolute atomic E-state index is 12.6. The van der Waals surface area contributed by atoms with Crippen LogP contribution >= 0.6 is 0 Å². The van der Waals surface area contributed by atoms with Crippen LogP contribution in [0.4, 0.5) is 0 Å². The lowest BCUT2D eigenvalue weighted by atomic mass is 9.97. The standard InChI is InChI=1S/C22H31N5O/c1-17(20-9-11-21(12-10-20)27-16-23-15-25-27)26(3)18(2)22(28)24-14-13-19-7-5-4-6-8-19/h7,9-12,15-18H,4-6,8,13-14H2,1-3H3,(H,24,28)/t17-,18-/m1/s1. The van der Waals surface area contributed by atoms with Gasteiger partial charge in [-0.25, -0.2) is 9.67 Å². The molecule has 0 spiro atoms. The summed E-state index contributed by atoms with van der Waals surface area (Å²) in [6, 6.07) is 8.15. The van der Waals surface area contributed by atoms with E-state index in [1.54, 1.807) is 11.0 Å². The van der Waals surface area contributed by atoms with E-state index in [1.165, 1.54) is 43.1 Å². The second-order valence-electron chi connectivity index (χ2n) is 7.60. The van der Waals surface area contributed by atoms with Crippen LogP contribution in [0.3, 0.4) is 0 Å². The summed E-state index contributed by atoms with van der Waals surface area (Å²) >= 11 is 0. The number of carbonyl (C=O) groups is 1. The number of nitrogens with zero attached hydrogens (tertiary/aromatic N) is 4. The van der Waals surface area contributed by atoms with Gasteiger partial charge in [-0.3, -0.25) is 9.69 Å². The molecule has 2 atom stereocenters. The summed E-state index contributed by atoms with van der Waals surface area (Å²) in [5.41, 5.74) is 3.63. The lowest BCUT2D eigenvalue weighted by Crippen LogP contribution is -2.44. The van der Waals surface area contributed by atoms with Gasteiger partial charge in [-0.1, -0.05) is 23.8 Å². The Labute approximate surface area is 167 Å². The minimum Gasteiger partial charge on any atom is -0.354 e. The van der Waals surface area contributed by atoms with E-state index < -0.39 is 0 Å². The van der Waals surface area contributed by atoms with Crippen molar-refractivity contribution in [1.29, 1.82) is 0 Å². The average molecular weight is 382 g/mol. The van der Waals surface area contributed by atoms with E-state index in [2.05, 4.69) is 45.4 Å². The van der Waals surface area contributed by atoms with E-state index in [9.17, 15) is 4.79 Å². The summed E-state index contributed by atoms with van der Waals surface area (Å²) in [6.07, 6.45) is 11.5. The highest BCUT2D eigenvalue weighted by Gasteiger charge is 2.23. The molecule has 6 heteroatoms. The van der Waals surface area contributed by atoms with Gasteiger partial charge >= 0.3 is 0 Å². The molecule has 1 heterocycles. The van der Waals surface area contributed by atoms with Crippen molar-refractivity contribution >= 4 is 5.91 Å². The lowest BCUT2D eigenvalue weighted by molar-refractivity contribution is -0.126. The van der Waals surface area contributed by atoms with E-state index in [0.717, 1.165) is 18.7 Å². The molecule has 28 heavy (non-hydrogen) atoms. The molecule has 0 bridgehead atoms. The third-order valence-corrected chi connectivity index (χ3v) is 5.79. The van der Waals surface area contributed by atoms with Crippen molar-refractivity contribution in [3.8, 4) is 5.69 Å². The number of aromatic nitrogens is 3. The lowest BCUT2D eigenvalue weighted by Gasteiger charge is -2.30. The van der Waals surface area contributed by atoms with Crippen molar-refractivity contribution in [3.05, 3.63) is 54.1 Å². The number of hydrogen-bond donors (Lipinski definition) is 1. The molecule has 150 valence electrons. The molecule has 0 saturated heterocycles. The maximum Gasteiger partial charge on any atom is 0.237 e. The molecule has 6 nitrogen and oxygen atoms in total. The molecule has 0 saturated carbocycles. The molecule has 2 aromatic rings. The first-order valence-electron chi connectivity index (χ1n) is 10.2. The van der Waals surface area contributed by atoms with Crippen LogP contribution in [0.25, 0.3) is 5.69 Å². The number of rotatable bonds is 8. The van der Waals surface area contributed by atoms with Gasteiger partial charge in [0.05, 0.1) is 11.7 Å². The first-order valence-corrected chi connectivity index (χ1v) is 10.2. The van der Waals surface area contributed by atoms with Gasteiger partial charge in [-0.2, -0.15) is 5.10 Å². The molecule has 1 aliphatic carbocycles. The van der Waals surface area contributed by atoms with Crippen LogP contribution in [0.15, 0.2) is 48.6 Å². The molecule has 0 aliphatic heterocycles. The zero-order chi connectivity index (χ0) is 19.9. The number of likely N-dealkylation sites (N-methyl/N-ethyl adjacent to an activating group) is 1. The highest BCUT2D eigenvalue weighted by Crippen LogP contribution is 2.22. The van der Waals surface area contributed by atoms with Crippen LogP contribution < -0.4 is 5.32 Å². The van der Waals surface area contributed by atoms with Crippen LogP contribution in [0, 0.1) is 0 Å². The Balaban J connectivity index is 1.52. The highest BCUT2D eigenvalue weighted by atomic mass is 16.2. The Bertz CT molecular complexity index is 782. The Hall–Kier alpha value is -2.47. The molecule has 0 radical (unpaired) electrons. The second-order valence-corrected chi connectivity index (χ2v) is 7.60. The third kappa shape index (κ3) is 5.07. The Morgan fingerprint density at radius 1 is 1.25 bits per heavy atom. The van der Waals surface area contributed by atoms with Gasteiger partial charge in [0.1, 0.15) is 12.7 Å². The van der Waals surface area contributed by atoms with E-state index >= 15 is 0 Å². The summed E-state index contributed by atoms with van der Waals surface area (Å²) in [5, 5.41) is 7.25. The van der Waals surface area contributed by atoms with Crippen molar-refractivity contribution in [2.75, 3.05) is 13.6 Å². The van der Waals surface area contributed by atoms with Crippen LogP contribution in [-0.2, 0) is 4.79 Å². The maximum atomic E-state index is 12.6. The molecule has 3 rings (SSSR count). The minimum absolute atomic E-state index is 0.0880. The number of amides is 1. The zero-order valence-corrected chi connectivity index (χ0v) is 17.1. The molecule has 1 aromatic heterocycles. The predicted octanol–water partition coefficient (Wildman–Crippen LogP) is 3.66. The number of nitrogens with one attached hydrogen (secondary N) is 1. The Morgan fingerprint density at radius 3 is 2.68 bits per heavy atom. The average Bonchev–Trinajstić information content (AvgIpc) is 3.28. The van der Waals surface area contributed by atoms with Crippen molar-refractivity contribution in [3.63, 3.8) is 0 Å². The van der Waals surface area contributed by atoms with Gasteiger partial charge in [0.2, 0.25) is 5.91 Å². The summed E-state index contributed by atoms with van der Waals surface area (Å²) in [6.45, 7) is 4.82. The zero-order valence-electron chi connectivity index (χ0n) is 17.1. The van der Waals surface area contributed by atoms with E-state index in [4.69, 9.17) is 0 Å². The molecule has 0 unspecified atom stereocenters. The van der Waals surface area contributed by atoms with Gasteiger partial charge in [-0.05, 0) is 70.7 Å². The normalized spacial score (nSPS) is 16.5. The number of allylic oxidation sites excluding steroid dienone is 1. The van der Waals surface area contributed by atoms with Gasteiger partial charge < -0.3 is 5.32 Å². The van der Waals surface area contributed by atoms with Crippen molar-refractivity contribution in [1.82, 2.24) is 25.0 Å². The second kappa shape index (κ2) is 9.64. The summed E-state index contributed by atoms with van der Waals surface area (Å²) < 4.78 is 1.73. The van der Waals surface area contributed by atoms with Gasteiger partial charge in [0.25, 0.3) is 0 Å². The predicted molar refractivity (Wildman–Crippen MR) is 111 cm³/mol. The minimum atomic E-state index is -0.190. The fourth-order valence-corrected chi connectivity index (χ4v) is 3.63. The highest BCUT2D eigenvalue weighted by molar-refractivity contribution is 5.81. The number of carbonyl (C=O) groups excluding carboxylic acids is 1. The van der Waals surface area contributed by atoms with Crippen molar-refractivity contribution in [2.24, 2.45) is 0 Å². The van der Waals surface area contributed by atoms with Gasteiger partial charge in [-0.15, -0.1) is 0 Å².